The highest BCUT2D eigenvalue weighted by Gasteiger charge is 2.50. The van der Waals surface area contributed by atoms with Crippen LogP contribution in [0.2, 0.25) is 10.0 Å². The second kappa shape index (κ2) is 19.1. The first-order chi connectivity index (χ1) is 29.9. The molecule has 2 heterocycles. The Kier molecular flexibility index (Phi) is 14.2. The molecule has 16 heteroatoms. The molecule has 338 valence electrons. The topological polar surface area (TPSA) is 82.5 Å². The van der Waals surface area contributed by atoms with Crippen LogP contribution in [0.25, 0.3) is 0 Å². The maximum absolute atomic E-state index is 13.9. The molecule has 1 spiro atoms. The van der Waals surface area contributed by atoms with Gasteiger partial charge < -0.3 is 29.3 Å². The number of fused-ring (bicyclic) bond motifs is 2. The highest BCUT2D eigenvalue weighted by Crippen LogP contribution is 2.48. The van der Waals surface area contributed by atoms with Crippen molar-refractivity contribution >= 4 is 35.0 Å². The van der Waals surface area contributed by atoms with Gasteiger partial charge in [-0.3, -0.25) is 9.59 Å². The van der Waals surface area contributed by atoms with Gasteiger partial charge in [0.05, 0.1) is 46.5 Å². The fourth-order valence-electron chi connectivity index (χ4n) is 9.32. The number of carbonyl (C=O) groups is 2. The molecule has 0 radical (unpaired) electrons. The molecule has 1 unspecified atom stereocenters. The van der Waals surface area contributed by atoms with Crippen LogP contribution in [0, 0.1) is 0 Å². The van der Waals surface area contributed by atoms with Crippen LogP contribution in [-0.2, 0) is 44.1 Å². The minimum Gasteiger partial charge on any atom is -0.388 e. The predicted octanol–water partition coefficient (Wildman–Crippen LogP) is 9.74. The highest BCUT2D eigenvalue weighted by molar-refractivity contribution is 6.42. The lowest BCUT2D eigenvalue weighted by molar-refractivity contribution is -0.143. The van der Waals surface area contributed by atoms with E-state index in [9.17, 15) is 41.0 Å². The quantitative estimate of drug-likeness (QED) is 0.135. The van der Waals surface area contributed by atoms with E-state index in [1.807, 2.05) is 42.5 Å². The van der Waals surface area contributed by atoms with E-state index in [2.05, 4.69) is 17.0 Å². The number of morpholine rings is 1. The number of amides is 2. The number of aliphatic hydroxyl groups is 1. The van der Waals surface area contributed by atoms with Crippen LogP contribution in [0.15, 0.2) is 91.0 Å². The van der Waals surface area contributed by atoms with Gasteiger partial charge in [-0.2, -0.15) is 26.3 Å². The fraction of sp³-hybridized carbons (Fsp3) is 0.447. The molecule has 1 aliphatic carbocycles. The van der Waals surface area contributed by atoms with E-state index in [4.69, 9.17) is 32.7 Å². The van der Waals surface area contributed by atoms with Gasteiger partial charge in [-0.05, 0) is 104 Å². The number of alkyl halides is 6. The lowest BCUT2D eigenvalue weighted by Crippen LogP contribution is -2.54. The van der Waals surface area contributed by atoms with E-state index in [0.29, 0.717) is 69.6 Å². The zero-order chi connectivity index (χ0) is 45.2. The smallest absolute Gasteiger partial charge is 0.388 e. The number of piperidine rings is 1. The Bertz CT molecular complexity index is 2220. The second-order valence-electron chi connectivity index (χ2n) is 16.8. The number of hydrogen-bond donors (Lipinski definition) is 1. The maximum atomic E-state index is 13.9. The molecule has 3 aliphatic rings. The maximum Gasteiger partial charge on any atom is 0.416 e. The van der Waals surface area contributed by atoms with Gasteiger partial charge in [0.25, 0.3) is 5.91 Å². The van der Waals surface area contributed by atoms with E-state index in [1.165, 1.54) is 16.0 Å². The summed E-state index contributed by atoms with van der Waals surface area (Å²) in [5.41, 5.74) is -1.69. The molecule has 63 heavy (non-hydrogen) atoms. The number of hydrogen-bond acceptors (Lipinski definition) is 6. The zero-order valence-electron chi connectivity index (χ0n) is 34.7. The zero-order valence-corrected chi connectivity index (χ0v) is 36.2. The molecule has 0 aromatic heterocycles. The molecule has 2 aliphatic heterocycles. The number of aliphatic hydroxyl groups excluding tert-OH is 1. The predicted molar refractivity (Wildman–Crippen MR) is 227 cm³/mol. The number of likely N-dealkylation sites (tertiary alicyclic amines) is 1. The van der Waals surface area contributed by atoms with E-state index in [-0.39, 0.29) is 59.8 Å². The Morgan fingerprint density at radius 1 is 0.889 bits per heavy atom. The van der Waals surface area contributed by atoms with Crippen molar-refractivity contribution in [2.24, 2.45) is 0 Å². The molecule has 2 saturated heterocycles. The summed E-state index contributed by atoms with van der Waals surface area (Å²) < 4.78 is 95.5. The number of halogens is 8. The molecule has 0 saturated carbocycles. The summed E-state index contributed by atoms with van der Waals surface area (Å²) in [4.78, 5) is 32.3. The first kappa shape index (κ1) is 46.8. The third kappa shape index (κ3) is 10.5. The van der Waals surface area contributed by atoms with Gasteiger partial charge in [-0.15, -0.1) is 0 Å². The van der Waals surface area contributed by atoms with Crippen molar-refractivity contribution in [2.75, 3.05) is 59.5 Å². The molecule has 7 rings (SSSR count). The average molecular weight is 921 g/mol. The van der Waals surface area contributed by atoms with E-state index < -0.39 is 46.7 Å². The van der Waals surface area contributed by atoms with Crippen molar-refractivity contribution in [1.82, 2.24) is 14.7 Å². The summed E-state index contributed by atoms with van der Waals surface area (Å²) in [6.45, 7) is 1.88. The lowest BCUT2D eigenvalue weighted by Gasteiger charge is -2.46. The van der Waals surface area contributed by atoms with Gasteiger partial charge in [0.15, 0.2) is 0 Å². The summed E-state index contributed by atoms with van der Waals surface area (Å²) in [6, 6.07) is 23.4. The molecule has 2 fully saturated rings. The van der Waals surface area contributed by atoms with Gasteiger partial charge in [0.1, 0.15) is 12.2 Å². The Labute approximate surface area is 372 Å². The Morgan fingerprint density at radius 2 is 1.56 bits per heavy atom. The standard InChI is InChI=1S/C47H49Cl2F6N3O5/c1-56(18-7-12-40(59)31-8-3-2-4-9-31)42(60)29-62-41-26-32-10-5-6-11-37(32)44(41)15-19-57(20-16-44)21-17-45(34-13-14-38(48)39(49)28-34)30-58(22-23-63-45)43(61)33-24-35(46(50,51)52)27-36(25-33)47(53,54)55/h2-6,8-11,13-14,24-25,27-28,40-41,59H,7,12,15-23,26,29-30H2,1H3/t40?,41-,45-/m0/s1. The fourth-order valence-corrected chi connectivity index (χ4v) is 9.61. The molecule has 2 amide bonds. The van der Waals surface area contributed by atoms with Crippen LogP contribution in [0.5, 0.6) is 0 Å². The number of carbonyl (C=O) groups excluding carboxylic acids is 2. The molecular weight excluding hydrogens is 871 g/mol. The van der Waals surface area contributed by atoms with Crippen LogP contribution in [0.3, 0.4) is 0 Å². The largest absolute Gasteiger partial charge is 0.416 e. The average Bonchev–Trinajstić information content (AvgIpc) is 3.57. The van der Waals surface area contributed by atoms with E-state index in [0.717, 1.165) is 18.4 Å². The lowest BCUT2D eigenvalue weighted by atomic mass is 9.72. The van der Waals surface area contributed by atoms with Crippen LogP contribution < -0.4 is 0 Å². The first-order valence-electron chi connectivity index (χ1n) is 21.0. The van der Waals surface area contributed by atoms with Crippen molar-refractivity contribution in [3.63, 3.8) is 0 Å². The van der Waals surface area contributed by atoms with Gasteiger partial charge in [0.2, 0.25) is 5.91 Å². The normalized spacial score (nSPS) is 20.7. The SMILES string of the molecule is CN(CCCC(O)c1ccccc1)C(=O)CO[C@H]1Cc2ccccc2C12CCN(CC[C@@]1(c3ccc(Cl)c(Cl)c3)CN(C(=O)c3cc(C(F)(F)F)cc(C(F)(F)F)c3)CCO1)CC2. The summed E-state index contributed by atoms with van der Waals surface area (Å²) in [6.07, 6.45) is -7.55. The van der Waals surface area contributed by atoms with Crippen molar-refractivity contribution in [3.05, 3.63) is 140 Å². The number of benzene rings is 4. The van der Waals surface area contributed by atoms with Gasteiger partial charge >= 0.3 is 12.4 Å². The minimum atomic E-state index is -5.12. The van der Waals surface area contributed by atoms with Crippen LogP contribution >= 0.6 is 23.2 Å². The van der Waals surface area contributed by atoms with Crippen molar-refractivity contribution in [3.8, 4) is 0 Å². The molecule has 8 nitrogen and oxygen atoms in total. The number of ether oxygens (including phenoxy) is 2. The Morgan fingerprint density at radius 3 is 2.22 bits per heavy atom. The third-order valence-electron chi connectivity index (χ3n) is 12.9. The molecule has 4 aromatic carbocycles. The van der Waals surface area contributed by atoms with Crippen LogP contribution in [0.4, 0.5) is 26.3 Å². The van der Waals surface area contributed by atoms with Crippen molar-refractivity contribution < 1.29 is 50.5 Å². The second-order valence-corrected chi connectivity index (χ2v) is 17.6. The van der Waals surface area contributed by atoms with Crippen LogP contribution in [0.1, 0.15) is 81.9 Å². The van der Waals surface area contributed by atoms with E-state index in [1.54, 1.807) is 30.1 Å². The molecule has 3 atom stereocenters. The molecule has 1 N–H and O–H groups in total. The minimum absolute atomic E-state index is 0.00101. The third-order valence-corrected chi connectivity index (χ3v) is 13.6. The van der Waals surface area contributed by atoms with Crippen molar-refractivity contribution in [1.29, 1.82) is 0 Å². The summed E-state index contributed by atoms with van der Waals surface area (Å²) in [5.74, 6) is -1.13. The van der Waals surface area contributed by atoms with E-state index >= 15 is 0 Å². The molecule has 4 aromatic rings. The Balaban J connectivity index is 1.03. The van der Waals surface area contributed by atoms with Gasteiger partial charge in [0, 0.05) is 37.7 Å². The molecule has 0 bridgehead atoms. The summed E-state index contributed by atoms with van der Waals surface area (Å²) in [7, 11) is 1.74. The molecular formula is C47H49Cl2F6N3O5. The Hall–Kier alpha value is -4.18. The van der Waals surface area contributed by atoms with Gasteiger partial charge in [-0.1, -0.05) is 83.9 Å². The van der Waals surface area contributed by atoms with Gasteiger partial charge in [-0.25, -0.2) is 0 Å². The number of nitrogens with zero attached hydrogens (tertiary/aromatic N) is 3. The summed E-state index contributed by atoms with van der Waals surface area (Å²) in [5, 5.41) is 11.0. The first-order valence-corrected chi connectivity index (χ1v) is 21.7. The monoisotopic (exact) mass is 919 g/mol. The highest BCUT2D eigenvalue weighted by atomic mass is 35.5. The summed E-state index contributed by atoms with van der Waals surface area (Å²) >= 11 is 12.7. The number of rotatable bonds is 13. The number of likely N-dealkylation sites (N-methyl/N-ethyl adjacent to an activating group) is 1. The van der Waals surface area contributed by atoms with Crippen molar-refractivity contribution in [2.45, 2.75) is 74.1 Å². The van der Waals surface area contributed by atoms with Crippen LogP contribution in [-0.4, -0.2) is 97.3 Å².